The molecular weight excluding hydrogens is 216 g/mol. The molecule has 1 rings (SSSR count). The van der Waals surface area contributed by atoms with E-state index in [4.69, 9.17) is 10.9 Å². The Morgan fingerprint density at radius 2 is 2.20 bits per heavy atom. The molecule has 1 aromatic heterocycles. The maximum Gasteiger partial charge on any atom is 0.239 e. The number of primary sulfonamides is 1. The van der Waals surface area contributed by atoms with E-state index in [1.807, 2.05) is 6.92 Å². The molecule has 1 aromatic rings. The summed E-state index contributed by atoms with van der Waals surface area (Å²) in [7, 11) is -3.67. The Morgan fingerprint density at radius 3 is 2.60 bits per heavy atom. The molecule has 6 nitrogen and oxygen atoms in total. The molecule has 0 aromatic carbocycles. The molecule has 0 saturated heterocycles. The first kappa shape index (κ1) is 11.9. The fraction of sp³-hybridized carbons (Fsp3) is 0.375. The molecule has 0 amide bonds. The number of rotatable bonds is 4. The largest absolute Gasteiger partial charge is 0.366 e. The molecule has 7 heteroatoms. The maximum atomic E-state index is 10.9. The van der Waals surface area contributed by atoms with Gasteiger partial charge in [0.05, 0.1) is 0 Å². The zero-order chi connectivity index (χ0) is 11.5. The highest BCUT2D eigenvalue weighted by Gasteiger charge is 2.08. The number of pyridine rings is 1. The van der Waals surface area contributed by atoms with Gasteiger partial charge in [0, 0.05) is 18.8 Å². The molecule has 0 fully saturated rings. The normalized spacial score (nSPS) is 13.5. The van der Waals surface area contributed by atoms with Crippen LogP contribution in [0.4, 0.5) is 5.82 Å². The van der Waals surface area contributed by atoms with Crippen LogP contribution >= 0.6 is 0 Å². The molecule has 1 unspecified atom stereocenters. The molecule has 1 heterocycles. The van der Waals surface area contributed by atoms with E-state index in [9.17, 15) is 8.42 Å². The average molecular weight is 230 g/mol. The van der Waals surface area contributed by atoms with Gasteiger partial charge in [-0.3, -0.25) is 0 Å². The van der Waals surface area contributed by atoms with Gasteiger partial charge in [-0.25, -0.2) is 18.5 Å². The molecule has 0 aliphatic carbocycles. The predicted octanol–water partition coefficient (Wildman–Crippen LogP) is -0.512. The zero-order valence-corrected chi connectivity index (χ0v) is 9.16. The Kier molecular flexibility index (Phi) is 3.61. The number of nitrogens with zero attached hydrogens (tertiary/aromatic N) is 1. The van der Waals surface area contributed by atoms with Crippen LogP contribution < -0.4 is 16.2 Å². The standard InChI is InChI=1S/C8H14N4O2S/c1-6(4-9)12-8-3-2-7(5-11-8)15(10,13)14/h2-3,5-6H,4,9H2,1H3,(H,11,12)(H2,10,13,14). The zero-order valence-electron chi connectivity index (χ0n) is 8.34. The van der Waals surface area contributed by atoms with Gasteiger partial charge in [0.2, 0.25) is 10.0 Å². The van der Waals surface area contributed by atoms with Crippen molar-refractivity contribution >= 4 is 15.8 Å². The van der Waals surface area contributed by atoms with Crippen molar-refractivity contribution in [1.82, 2.24) is 4.98 Å². The average Bonchev–Trinajstić information content (AvgIpc) is 2.17. The number of hydrogen-bond donors (Lipinski definition) is 3. The quantitative estimate of drug-likeness (QED) is 0.645. The number of nitrogens with two attached hydrogens (primary N) is 2. The van der Waals surface area contributed by atoms with Gasteiger partial charge < -0.3 is 11.1 Å². The molecule has 0 saturated carbocycles. The van der Waals surface area contributed by atoms with Gasteiger partial charge in [-0.1, -0.05) is 0 Å². The number of sulfonamides is 1. The van der Waals surface area contributed by atoms with Gasteiger partial charge in [0.25, 0.3) is 0 Å². The van der Waals surface area contributed by atoms with Crippen molar-refractivity contribution in [1.29, 1.82) is 0 Å². The van der Waals surface area contributed by atoms with E-state index in [0.29, 0.717) is 12.4 Å². The van der Waals surface area contributed by atoms with Crippen LogP contribution in [0, 0.1) is 0 Å². The summed E-state index contributed by atoms with van der Waals surface area (Å²) in [5.74, 6) is 0.570. The van der Waals surface area contributed by atoms with E-state index < -0.39 is 10.0 Å². The Labute approximate surface area is 88.7 Å². The van der Waals surface area contributed by atoms with E-state index in [0.717, 1.165) is 0 Å². The minimum Gasteiger partial charge on any atom is -0.366 e. The summed E-state index contributed by atoms with van der Waals surface area (Å²) in [6.45, 7) is 2.37. The van der Waals surface area contributed by atoms with E-state index >= 15 is 0 Å². The lowest BCUT2D eigenvalue weighted by Crippen LogP contribution is -2.25. The second-order valence-corrected chi connectivity index (χ2v) is 4.77. The van der Waals surface area contributed by atoms with Crippen LogP contribution in [-0.2, 0) is 10.0 Å². The molecule has 1 atom stereocenters. The summed E-state index contributed by atoms with van der Waals surface area (Å²) in [5.41, 5.74) is 5.41. The summed E-state index contributed by atoms with van der Waals surface area (Å²) in [6, 6.07) is 3.03. The first-order valence-corrected chi connectivity index (χ1v) is 5.93. The third-order valence-corrected chi connectivity index (χ3v) is 2.71. The van der Waals surface area contributed by atoms with E-state index in [1.54, 1.807) is 6.07 Å². The Morgan fingerprint density at radius 1 is 1.53 bits per heavy atom. The fourth-order valence-corrected chi connectivity index (χ4v) is 1.40. The number of aromatic nitrogens is 1. The summed E-state index contributed by atoms with van der Waals surface area (Å²) in [4.78, 5) is 3.90. The van der Waals surface area contributed by atoms with Gasteiger partial charge in [-0.05, 0) is 19.1 Å². The minimum absolute atomic E-state index is 0.00606. The third kappa shape index (κ3) is 3.46. The highest BCUT2D eigenvalue weighted by atomic mass is 32.2. The molecule has 0 bridgehead atoms. The van der Waals surface area contributed by atoms with E-state index in [2.05, 4.69) is 10.3 Å². The van der Waals surface area contributed by atoms with Crippen LogP contribution in [0.2, 0.25) is 0 Å². The predicted molar refractivity (Wildman–Crippen MR) is 57.7 cm³/mol. The number of anilines is 1. The lowest BCUT2D eigenvalue weighted by Gasteiger charge is -2.11. The minimum atomic E-state index is -3.67. The number of nitrogens with one attached hydrogen (secondary N) is 1. The second-order valence-electron chi connectivity index (χ2n) is 3.21. The monoisotopic (exact) mass is 230 g/mol. The fourth-order valence-electron chi connectivity index (χ4n) is 0.945. The summed E-state index contributed by atoms with van der Waals surface area (Å²) in [5, 5.41) is 7.92. The summed E-state index contributed by atoms with van der Waals surface area (Å²) >= 11 is 0. The molecule has 0 aliphatic heterocycles. The van der Waals surface area contributed by atoms with Gasteiger partial charge in [-0.2, -0.15) is 0 Å². The van der Waals surface area contributed by atoms with Crippen LogP contribution in [0.15, 0.2) is 23.2 Å². The Hall–Kier alpha value is -1.18. The molecule has 0 aliphatic rings. The summed E-state index contributed by atoms with van der Waals surface area (Å²) in [6.07, 6.45) is 1.21. The third-order valence-electron chi connectivity index (χ3n) is 1.81. The van der Waals surface area contributed by atoms with Crippen molar-refractivity contribution in [2.45, 2.75) is 17.9 Å². The van der Waals surface area contributed by atoms with Gasteiger partial charge in [0.15, 0.2) is 0 Å². The van der Waals surface area contributed by atoms with Gasteiger partial charge >= 0.3 is 0 Å². The van der Waals surface area contributed by atoms with E-state index in [1.165, 1.54) is 12.3 Å². The Bertz CT molecular complexity index is 415. The van der Waals surface area contributed by atoms with Crippen LogP contribution in [0.25, 0.3) is 0 Å². The molecule has 0 spiro atoms. The van der Waals surface area contributed by atoms with Crippen LogP contribution in [-0.4, -0.2) is 26.0 Å². The highest BCUT2D eigenvalue weighted by Crippen LogP contribution is 2.09. The topological polar surface area (TPSA) is 111 Å². The van der Waals surface area contributed by atoms with Crippen molar-refractivity contribution in [2.75, 3.05) is 11.9 Å². The van der Waals surface area contributed by atoms with Crippen LogP contribution in [0.5, 0.6) is 0 Å². The maximum absolute atomic E-state index is 10.9. The van der Waals surface area contributed by atoms with Crippen LogP contribution in [0.3, 0.4) is 0 Å². The highest BCUT2D eigenvalue weighted by molar-refractivity contribution is 7.89. The lowest BCUT2D eigenvalue weighted by molar-refractivity contribution is 0.597. The Balaban J connectivity index is 2.82. The van der Waals surface area contributed by atoms with Crippen molar-refractivity contribution in [3.8, 4) is 0 Å². The molecule has 15 heavy (non-hydrogen) atoms. The van der Waals surface area contributed by atoms with Gasteiger partial charge in [-0.15, -0.1) is 0 Å². The van der Waals surface area contributed by atoms with Crippen molar-refractivity contribution in [3.63, 3.8) is 0 Å². The van der Waals surface area contributed by atoms with Crippen LogP contribution in [0.1, 0.15) is 6.92 Å². The summed E-state index contributed by atoms with van der Waals surface area (Å²) < 4.78 is 21.8. The van der Waals surface area contributed by atoms with E-state index in [-0.39, 0.29) is 10.9 Å². The molecule has 5 N–H and O–H groups in total. The lowest BCUT2D eigenvalue weighted by atomic mass is 10.3. The van der Waals surface area contributed by atoms with Crippen molar-refractivity contribution in [3.05, 3.63) is 18.3 Å². The molecule has 0 radical (unpaired) electrons. The van der Waals surface area contributed by atoms with Crippen molar-refractivity contribution in [2.24, 2.45) is 10.9 Å². The smallest absolute Gasteiger partial charge is 0.239 e. The second kappa shape index (κ2) is 4.56. The van der Waals surface area contributed by atoms with Crippen molar-refractivity contribution < 1.29 is 8.42 Å². The first-order chi connectivity index (χ1) is 6.93. The molecular formula is C8H14N4O2S. The first-order valence-electron chi connectivity index (χ1n) is 4.39. The SMILES string of the molecule is CC(CN)Nc1ccc(S(N)(=O)=O)cn1. The molecule has 84 valence electrons. The van der Waals surface area contributed by atoms with Gasteiger partial charge in [0.1, 0.15) is 10.7 Å². The number of hydrogen-bond acceptors (Lipinski definition) is 5.